The van der Waals surface area contributed by atoms with Crippen LogP contribution in [0.1, 0.15) is 106 Å². The first-order valence-corrected chi connectivity index (χ1v) is 17.2. The number of hydrogen-bond donors (Lipinski definition) is 0. The molecule has 1 aliphatic heterocycles. The molecule has 0 amide bonds. The summed E-state index contributed by atoms with van der Waals surface area (Å²) in [5.41, 5.74) is 7.79. The van der Waals surface area contributed by atoms with Crippen molar-refractivity contribution >= 4 is 23.0 Å². The van der Waals surface area contributed by atoms with Crippen LogP contribution >= 0.6 is 0 Å². The Morgan fingerprint density at radius 2 is 1.02 bits per heavy atom. The molecule has 2 aromatic carbocycles. The Morgan fingerprint density at radius 3 is 1.56 bits per heavy atom. The van der Waals surface area contributed by atoms with Crippen LogP contribution in [0.25, 0.3) is 0 Å². The fourth-order valence-electron chi connectivity index (χ4n) is 5.81. The van der Waals surface area contributed by atoms with Gasteiger partial charge in [-0.25, -0.2) is 15.0 Å². The molecule has 48 heavy (non-hydrogen) atoms. The van der Waals surface area contributed by atoms with Crippen molar-refractivity contribution in [2.24, 2.45) is 0 Å². The molecule has 0 unspecified atom stereocenters. The van der Waals surface area contributed by atoms with Crippen LogP contribution in [0.5, 0.6) is 0 Å². The van der Waals surface area contributed by atoms with E-state index in [1.54, 1.807) is 0 Å². The minimum absolute atomic E-state index is 0.00375. The van der Waals surface area contributed by atoms with Crippen molar-refractivity contribution in [2.45, 2.75) is 105 Å². The molecule has 0 N–H and O–H groups in total. The Morgan fingerprint density at radius 1 is 0.542 bits per heavy atom. The smallest absolute Gasteiger partial charge is 0.152 e. The van der Waals surface area contributed by atoms with Gasteiger partial charge in [0.2, 0.25) is 0 Å². The maximum atomic E-state index is 5.27. The van der Waals surface area contributed by atoms with E-state index >= 15 is 0 Å². The van der Waals surface area contributed by atoms with Gasteiger partial charge in [0.05, 0.1) is 12.2 Å². The van der Waals surface area contributed by atoms with E-state index in [-0.39, 0.29) is 21.7 Å². The number of nitrogens with zero attached hydrogens (tertiary/aromatic N) is 5. The zero-order valence-electron chi connectivity index (χ0n) is 31.3. The average molecular weight is 642 g/mol. The first kappa shape index (κ1) is 34.9. The number of allylic oxidation sites excluding steroid dienone is 2. The zero-order chi connectivity index (χ0) is 35.1. The van der Waals surface area contributed by atoms with Crippen LogP contribution in [0.3, 0.4) is 0 Å². The predicted molar refractivity (Wildman–Crippen MR) is 204 cm³/mol. The van der Waals surface area contributed by atoms with Gasteiger partial charge in [-0.2, -0.15) is 0 Å². The highest BCUT2D eigenvalue weighted by atomic mass is 15.6. The molecule has 0 saturated heterocycles. The van der Waals surface area contributed by atoms with E-state index in [0.29, 0.717) is 6.54 Å². The van der Waals surface area contributed by atoms with Crippen LogP contribution in [-0.4, -0.2) is 21.5 Å². The molecule has 0 atom stereocenters. The highest BCUT2D eigenvalue weighted by molar-refractivity contribution is 5.68. The predicted octanol–water partition coefficient (Wildman–Crippen LogP) is 11.3. The number of benzene rings is 2. The lowest BCUT2D eigenvalue weighted by Gasteiger charge is -2.40. The Kier molecular flexibility index (Phi) is 9.40. The number of rotatable bonds is 6. The molecule has 1 aliphatic rings. The summed E-state index contributed by atoms with van der Waals surface area (Å²) in [5, 5.41) is 4.54. The van der Waals surface area contributed by atoms with Crippen molar-refractivity contribution in [1.29, 1.82) is 0 Å². The lowest BCUT2D eigenvalue weighted by atomic mass is 9.87. The van der Waals surface area contributed by atoms with Crippen LogP contribution in [-0.2, 0) is 21.7 Å². The van der Waals surface area contributed by atoms with Gasteiger partial charge in [0, 0.05) is 39.8 Å². The number of pyridine rings is 2. The lowest BCUT2D eigenvalue weighted by molar-refractivity contribution is 0.402. The van der Waals surface area contributed by atoms with Crippen LogP contribution < -0.4 is 9.91 Å². The largest absolute Gasteiger partial charge is 0.297 e. The maximum absolute atomic E-state index is 5.27. The summed E-state index contributed by atoms with van der Waals surface area (Å²) in [4.78, 5) is 12.8. The SMILES string of the molecule is CC(C)(C)c1cccc(N(C2=CC=CN(N(c3cccc(C(C)(C)C)c3)c3cccc(C(C)(C)C)n3)C2)c2cccc(C(C)(C)C)n2)c1. The van der Waals surface area contributed by atoms with Crippen LogP contribution in [0.2, 0.25) is 0 Å². The summed E-state index contributed by atoms with van der Waals surface area (Å²) in [5.74, 6) is 1.79. The molecule has 0 saturated carbocycles. The minimum Gasteiger partial charge on any atom is -0.297 e. The quantitative estimate of drug-likeness (QED) is 0.209. The molecule has 252 valence electrons. The highest BCUT2D eigenvalue weighted by Gasteiger charge is 2.28. The Hall–Kier alpha value is -4.38. The third-order valence-electron chi connectivity index (χ3n) is 8.79. The third kappa shape index (κ3) is 7.84. The monoisotopic (exact) mass is 641 g/mol. The first-order valence-electron chi connectivity index (χ1n) is 17.2. The molecule has 3 heterocycles. The van der Waals surface area contributed by atoms with Crippen LogP contribution in [0, 0.1) is 0 Å². The molecular formula is C43H55N5. The fraction of sp³-hybridized carbons (Fsp3) is 0.395. The van der Waals surface area contributed by atoms with Gasteiger partial charge in [-0.15, -0.1) is 0 Å². The van der Waals surface area contributed by atoms with Crippen molar-refractivity contribution < 1.29 is 0 Å². The van der Waals surface area contributed by atoms with Crippen molar-refractivity contribution in [3.63, 3.8) is 0 Å². The fourth-order valence-corrected chi connectivity index (χ4v) is 5.81. The summed E-state index contributed by atoms with van der Waals surface area (Å²) in [6.07, 6.45) is 6.51. The molecule has 0 aliphatic carbocycles. The lowest BCUT2D eigenvalue weighted by Crippen LogP contribution is -2.41. The van der Waals surface area contributed by atoms with E-state index in [4.69, 9.17) is 9.97 Å². The van der Waals surface area contributed by atoms with E-state index in [0.717, 1.165) is 40.1 Å². The van der Waals surface area contributed by atoms with E-state index < -0.39 is 0 Å². The van der Waals surface area contributed by atoms with Gasteiger partial charge < -0.3 is 0 Å². The molecule has 0 fully saturated rings. The molecule has 5 nitrogen and oxygen atoms in total. The van der Waals surface area contributed by atoms with E-state index in [1.807, 2.05) is 0 Å². The van der Waals surface area contributed by atoms with Gasteiger partial charge in [-0.1, -0.05) is 119 Å². The normalized spacial score (nSPS) is 14.2. The highest BCUT2D eigenvalue weighted by Crippen LogP contribution is 2.37. The molecule has 5 heteroatoms. The second-order valence-electron chi connectivity index (χ2n) is 17.1. The second kappa shape index (κ2) is 12.9. The van der Waals surface area contributed by atoms with E-state index in [9.17, 15) is 0 Å². The molecule has 2 aromatic heterocycles. The standard InChI is InChI=1S/C43H55N5/c1-40(2,3)31-18-13-20-33(28-31)47(38-25-15-23-36(44-38)42(7,8)9)35-22-17-27-46(30-35)48(34-21-14-19-32(29-34)41(4,5)6)39-26-16-24-37(45-39)43(10,11)12/h13-29H,30H2,1-12H3. The molecule has 0 radical (unpaired) electrons. The number of hydrazine groups is 1. The third-order valence-corrected chi connectivity index (χ3v) is 8.79. The summed E-state index contributed by atoms with van der Waals surface area (Å²) >= 11 is 0. The second-order valence-corrected chi connectivity index (χ2v) is 17.1. The Labute approximate surface area is 290 Å². The van der Waals surface area contributed by atoms with Gasteiger partial charge in [0.15, 0.2) is 5.82 Å². The minimum atomic E-state index is -0.0870. The zero-order valence-corrected chi connectivity index (χ0v) is 31.3. The average Bonchev–Trinajstić information content (AvgIpc) is 3.01. The summed E-state index contributed by atoms with van der Waals surface area (Å²) in [6.45, 7) is 27.5. The van der Waals surface area contributed by atoms with Crippen molar-refractivity contribution in [2.75, 3.05) is 16.5 Å². The summed E-state index contributed by atoms with van der Waals surface area (Å²) < 4.78 is 0. The van der Waals surface area contributed by atoms with Crippen molar-refractivity contribution in [3.05, 3.63) is 131 Å². The van der Waals surface area contributed by atoms with Gasteiger partial charge in [0.25, 0.3) is 0 Å². The van der Waals surface area contributed by atoms with Gasteiger partial charge >= 0.3 is 0 Å². The van der Waals surface area contributed by atoms with Crippen LogP contribution in [0.4, 0.5) is 23.0 Å². The van der Waals surface area contributed by atoms with Gasteiger partial charge in [0.1, 0.15) is 5.82 Å². The topological polar surface area (TPSA) is 35.5 Å². The van der Waals surface area contributed by atoms with Gasteiger partial charge in [-0.05, 0) is 82.6 Å². The van der Waals surface area contributed by atoms with Gasteiger partial charge in [-0.3, -0.25) is 9.91 Å². The van der Waals surface area contributed by atoms with Crippen molar-refractivity contribution in [3.8, 4) is 0 Å². The van der Waals surface area contributed by atoms with E-state index in [2.05, 4.69) is 201 Å². The van der Waals surface area contributed by atoms with E-state index in [1.165, 1.54) is 11.1 Å². The summed E-state index contributed by atoms with van der Waals surface area (Å²) in [6, 6.07) is 30.5. The number of anilines is 4. The summed E-state index contributed by atoms with van der Waals surface area (Å²) in [7, 11) is 0. The first-order chi connectivity index (χ1) is 22.3. The molecule has 0 bridgehead atoms. The Balaban J connectivity index is 1.65. The molecule has 5 rings (SSSR count). The Bertz CT molecular complexity index is 1690. The maximum Gasteiger partial charge on any atom is 0.152 e. The van der Waals surface area contributed by atoms with Crippen molar-refractivity contribution in [1.82, 2.24) is 15.0 Å². The molecule has 4 aromatic rings. The number of hydrogen-bond acceptors (Lipinski definition) is 5. The molecule has 0 spiro atoms. The number of aromatic nitrogens is 2. The molecular weight excluding hydrogens is 587 g/mol. The van der Waals surface area contributed by atoms with Crippen LogP contribution in [0.15, 0.2) is 109 Å².